The number of fused-ring (bicyclic) bond motifs is 1. The first kappa shape index (κ1) is 16.8. The van der Waals surface area contributed by atoms with Gasteiger partial charge in [0.2, 0.25) is 11.7 Å². The Morgan fingerprint density at radius 2 is 1.89 bits per heavy atom. The molecule has 1 N–H and O–H groups in total. The molecular formula is C20H18N6O. The Morgan fingerprint density at radius 3 is 2.67 bits per heavy atom. The lowest BCUT2D eigenvalue weighted by atomic mass is 10.1. The van der Waals surface area contributed by atoms with Crippen LogP contribution >= 0.6 is 0 Å². The fourth-order valence-corrected chi connectivity index (χ4v) is 2.64. The third kappa shape index (κ3) is 3.39. The molecule has 4 rings (SSSR count). The van der Waals surface area contributed by atoms with Crippen molar-refractivity contribution < 1.29 is 4.79 Å². The Hall–Kier alpha value is -3.61. The van der Waals surface area contributed by atoms with Crippen molar-refractivity contribution in [3.63, 3.8) is 0 Å². The predicted molar refractivity (Wildman–Crippen MR) is 103 cm³/mol. The molecule has 0 aliphatic rings. The van der Waals surface area contributed by atoms with Gasteiger partial charge in [-0.2, -0.15) is 9.61 Å². The van der Waals surface area contributed by atoms with E-state index >= 15 is 0 Å². The van der Waals surface area contributed by atoms with Crippen molar-refractivity contribution in [3.8, 4) is 22.8 Å². The lowest BCUT2D eigenvalue weighted by Gasteiger charge is -2.09. The lowest BCUT2D eigenvalue weighted by molar-refractivity contribution is -0.118. The minimum absolute atomic E-state index is 0.0215. The van der Waals surface area contributed by atoms with Crippen LogP contribution in [-0.2, 0) is 4.79 Å². The van der Waals surface area contributed by atoms with Gasteiger partial charge in [-0.15, -0.1) is 10.2 Å². The number of hydrogen-bond donors (Lipinski definition) is 1. The highest BCUT2D eigenvalue weighted by Crippen LogP contribution is 2.23. The third-order valence-electron chi connectivity index (χ3n) is 4.11. The zero-order valence-electron chi connectivity index (χ0n) is 15.0. The topological polar surface area (TPSA) is 85.1 Å². The summed E-state index contributed by atoms with van der Waals surface area (Å²) in [6.45, 7) is 3.72. The molecule has 1 aromatic carbocycles. The minimum atomic E-state index is -0.0823. The van der Waals surface area contributed by atoms with E-state index in [1.165, 1.54) is 0 Å². The molecule has 0 aliphatic heterocycles. The Bertz CT molecular complexity index is 1100. The molecule has 0 atom stereocenters. The summed E-state index contributed by atoms with van der Waals surface area (Å²) in [7, 11) is 0. The highest BCUT2D eigenvalue weighted by Gasteiger charge is 2.12. The molecular weight excluding hydrogens is 340 g/mol. The molecule has 3 aromatic heterocycles. The summed E-state index contributed by atoms with van der Waals surface area (Å²) in [5.74, 6) is 0.476. The highest BCUT2D eigenvalue weighted by molar-refractivity contribution is 5.92. The zero-order chi connectivity index (χ0) is 18.8. The number of benzene rings is 1. The maximum atomic E-state index is 11.9. The molecule has 134 valence electrons. The van der Waals surface area contributed by atoms with Crippen molar-refractivity contribution in [2.45, 2.75) is 13.8 Å². The number of amides is 1. The first-order chi connectivity index (χ1) is 13.1. The summed E-state index contributed by atoms with van der Waals surface area (Å²) >= 11 is 0. The molecule has 7 heteroatoms. The van der Waals surface area contributed by atoms with E-state index in [9.17, 15) is 4.79 Å². The average Bonchev–Trinajstić information content (AvgIpc) is 3.12. The lowest BCUT2D eigenvalue weighted by Crippen LogP contribution is -2.17. The van der Waals surface area contributed by atoms with Crippen LogP contribution in [0.15, 0.2) is 60.8 Å². The Balaban J connectivity index is 1.73. The van der Waals surface area contributed by atoms with Gasteiger partial charge in [0.05, 0.1) is 5.69 Å². The molecule has 0 radical (unpaired) electrons. The minimum Gasteiger partial charge on any atom is -0.326 e. The number of pyridine rings is 1. The van der Waals surface area contributed by atoms with Gasteiger partial charge in [0.15, 0.2) is 5.65 Å². The summed E-state index contributed by atoms with van der Waals surface area (Å²) < 4.78 is 1.68. The first-order valence-electron chi connectivity index (χ1n) is 8.67. The molecule has 3 heterocycles. The standard InChI is InChI=1S/C20H18N6O/c1-13(2)20(27)22-15-7-5-6-14(12-15)16-9-10-18-23-24-19(26(18)25-16)17-8-3-4-11-21-17/h3-13H,1-2H3,(H,22,27). The smallest absolute Gasteiger partial charge is 0.226 e. The molecule has 7 nitrogen and oxygen atoms in total. The molecule has 1 amide bonds. The summed E-state index contributed by atoms with van der Waals surface area (Å²) in [6, 6.07) is 17.0. The zero-order valence-corrected chi connectivity index (χ0v) is 15.0. The van der Waals surface area contributed by atoms with Crippen LogP contribution in [0.4, 0.5) is 5.69 Å². The molecule has 0 unspecified atom stereocenters. The maximum Gasteiger partial charge on any atom is 0.226 e. The van der Waals surface area contributed by atoms with Gasteiger partial charge >= 0.3 is 0 Å². The number of aromatic nitrogens is 5. The SMILES string of the molecule is CC(C)C(=O)Nc1cccc(-c2ccc3nnc(-c4ccccn4)n3n2)c1. The van der Waals surface area contributed by atoms with Crippen molar-refractivity contribution in [1.29, 1.82) is 0 Å². The van der Waals surface area contributed by atoms with E-state index in [4.69, 9.17) is 0 Å². The van der Waals surface area contributed by atoms with Gasteiger partial charge in [-0.05, 0) is 36.4 Å². The number of hydrogen-bond acceptors (Lipinski definition) is 5. The third-order valence-corrected chi connectivity index (χ3v) is 4.11. The van der Waals surface area contributed by atoms with Gasteiger partial charge < -0.3 is 5.32 Å². The van der Waals surface area contributed by atoms with E-state index < -0.39 is 0 Å². The van der Waals surface area contributed by atoms with E-state index in [1.54, 1.807) is 10.7 Å². The summed E-state index contributed by atoms with van der Waals surface area (Å²) in [5, 5.41) is 16.0. The second kappa shape index (κ2) is 6.95. The van der Waals surface area contributed by atoms with Gasteiger partial charge in [0.1, 0.15) is 5.69 Å². The quantitative estimate of drug-likeness (QED) is 0.604. The van der Waals surface area contributed by atoms with E-state index in [1.807, 2.05) is 68.4 Å². The van der Waals surface area contributed by atoms with E-state index in [0.717, 1.165) is 16.9 Å². The molecule has 0 bridgehead atoms. The summed E-state index contributed by atoms with van der Waals surface area (Å²) in [4.78, 5) is 16.3. The van der Waals surface area contributed by atoms with Crippen LogP contribution < -0.4 is 5.32 Å². The van der Waals surface area contributed by atoms with Crippen molar-refractivity contribution in [3.05, 3.63) is 60.8 Å². The van der Waals surface area contributed by atoms with E-state index in [-0.39, 0.29) is 11.8 Å². The number of carbonyl (C=O) groups is 1. The van der Waals surface area contributed by atoms with Crippen LogP contribution in [-0.4, -0.2) is 30.7 Å². The Labute approximate surface area is 156 Å². The summed E-state index contributed by atoms with van der Waals surface area (Å²) in [5.41, 5.74) is 3.72. The van der Waals surface area contributed by atoms with Crippen LogP contribution in [0.1, 0.15) is 13.8 Å². The van der Waals surface area contributed by atoms with E-state index in [2.05, 4.69) is 25.6 Å². The van der Waals surface area contributed by atoms with Crippen LogP contribution in [0.3, 0.4) is 0 Å². The highest BCUT2D eigenvalue weighted by atomic mass is 16.1. The number of rotatable bonds is 4. The van der Waals surface area contributed by atoms with Crippen LogP contribution in [0.25, 0.3) is 28.4 Å². The Morgan fingerprint density at radius 1 is 1.00 bits per heavy atom. The first-order valence-corrected chi connectivity index (χ1v) is 8.67. The number of nitrogens with one attached hydrogen (secondary N) is 1. The van der Waals surface area contributed by atoms with Gasteiger partial charge in [0, 0.05) is 23.4 Å². The number of carbonyl (C=O) groups excluding carboxylic acids is 1. The van der Waals surface area contributed by atoms with E-state index in [0.29, 0.717) is 17.2 Å². The van der Waals surface area contributed by atoms with Gasteiger partial charge in [-0.25, -0.2) is 0 Å². The fourth-order valence-electron chi connectivity index (χ4n) is 2.64. The van der Waals surface area contributed by atoms with Gasteiger partial charge in [-0.1, -0.05) is 32.0 Å². The van der Waals surface area contributed by atoms with Crippen LogP contribution in [0, 0.1) is 5.92 Å². The largest absolute Gasteiger partial charge is 0.326 e. The molecule has 0 aliphatic carbocycles. The number of nitrogens with zero attached hydrogens (tertiary/aromatic N) is 5. The van der Waals surface area contributed by atoms with Crippen LogP contribution in [0.2, 0.25) is 0 Å². The van der Waals surface area contributed by atoms with Crippen molar-refractivity contribution in [2.24, 2.45) is 5.92 Å². The molecule has 0 saturated heterocycles. The average molecular weight is 358 g/mol. The van der Waals surface area contributed by atoms with Crippen molar-refractivity contribution in [2.75, 3.05) is 5.32 Å². The number of anilines is 1. The monoisotopic (exact) mass is 358 g/mol. The summed E-state index contributed by atoms with van der Waals surface area (Å²) in [6.07, 6.45) is 1.71. The molecule has 0 saturated carbocycles. The second-order valence-corrected chi connectivity index (χ2v) is 6.45. The predicted octanol–water partition coefficient (Wildman–Crippen LogP) is 3.45. The molecule has 27 heavy (non-hydrogen) atoms. The van der Waals surface area contributed by atoms with Crippen molar-refractivity contribution >= 4 is 17.2 Å². The second-order valence-electron chi connectivity index (χ2n) is 6.45. The normalized spacial score (nSPS) is 11.1. The van der Waals surface area contributed by atoms with Gasteiger partial charge in [0.25, 0.3) is 0 Å². The Kier molecular flexibility index (Phi) is 4.33. The van der Waals surface area contributed by atoms with Gasteiger partial charge in [-0.3, -0.25) is 9.78 Å². The molecule has 0 spiro atoms. The fraction of sp³-hybridized carbons (Fsp3) is 0.150. The maximum absolute atomic E-state index is 11.9. The van der Waals surface area contributed by atoms with Crippen molar-refractivity contribution in [1.82, 2.24) is 24.8 Å². The van der Waals surface area contributed by atoms with Crippen LogP contribution in [0.5, 0.6) is 0 Å². The molecule has 0 fully saturated rings. The molecule has 4 aromatic rings.